The first-order valence-corrected chi connectivity index (χ1v) is 7.84. The third-order valence-electron chi connectivity index (χ3n) is 4.25. The van der Waals surface area contributed by atoms with E-state index < -0.39 is 0 Å². The zero-order chi connectivity index (χ0) is 16.2. The van der Waals surface area contributed by atoms with Crippen LogP contribution in [0, 0.1) is 0 Å². The Kier molecular flexibility index (Phi) is 4.73. The molecule has 1 aliphatic heterocycles. The van der Waals surface area contributed by atoms with Gasteiger partial charge in [0.25, 0.3) is 0 Å². The molecule has 2 N–H and O–H groups in total. The van der Waals surface area contributed by atoms with E-state index in [1.807, 2.05) is 48.1 Å². The molecule has 1 aromatic heterocycles. The lowest BCUT2D eigenvalue weighted by atomic mass is 10.1. The lowest BCUT2D eigenvalue weighted by molar-refractivity contribution is -0.123. The van der Waals surface area contributed by atoms with Gasteiger partial charge >= 0.3 is 0 Å². The Balaban J connectivity index is 1.72. The van der Waals surface area contributed by atoms with Gasteiger partial charge in [-0.3, -0.25) is 4.79 Å². The highest BCUT2D eigenvalue weighted by Gasteiger charge is 2.30. The number of rotatable bonds is 5. The number of amides is 1. The highest BCUT2D eigenvalue weighted by Crippen LogP contribution is 2.21. The summed E-state index contributed by atoms with van der Waals surface area (Å²) in [4.78, 5) is 12.4. The summed E-state index contributed by atoms with van der Waals surface area (Å²) in [6, 6.07) is 9.54. The first-order chi connectivity index (χ1) is 11.2. The SMILES string of the molecule is CO[C@@H]1CN[C@@H](C(=O)N[C@H](C)c2ccccc2-n2cccn2)C1. The van der Waals surface area contributed by atoms with Crippen molar-refractivity contribution in [1.29, 1.82) is 0 Å². The van der Waals surface area contributed by atoms with E-state index in [4.69, 9.17) is 4.74 Å². The molecule has 6 heteroatoms. The van der Waals surface area contributed by atoms with E-state index in [-0.39, 0.29) is 24.1 Å². The van der Waals surface area contributed by atoms with Gasteiger partial charge in [-0.15, -0.1) is 0 Å². The normalized spacial score (nSPS) is 22.0. The average molecular weight is 314 g/mol. The lowest BCUT2D eigenvalue weighted by Crippen LogP contribution is -2.41. The van der Waals surface area contributed by atoms with Crippen LogP contribution in [0.3, 0.4) is 0 Å². The van der Waals surface area contributed by atoms with Crippen molar-refractivity contribution in [3.8, 4) is 5.69 Å². The summed E-state index contributed by atoms with van der Waals surface area (Å²) in [5.41, 5.74) is 2.00. The molecule has 0 unspecified atom stereocenters. The first-order valence-electron chi connectivity index (χ1n) is 7.84. The maximum Gasteiger partial charge on any atom is 0.237 e. The summed E-state index contributed by atoms with van der Waals surface area (Å²) in [7, 11) is 1.68. The van der Waals surface area contributed by atoms with Crippen molar-refractivity contribution >= 4 is 5.91 Å². The molecule has 122 valence electrons. The highest BCUT2D eigenvalue weighted by molar-refractivity contribution is 5.82. The Morgan fingerprint density at radius 2 is 2.26 bits per heavy atom. The molecule has 1 aromatic carbocycles. The molecule has 6 nitrogen and oxygen atoms in total. The molecule has 0 bridgehead atoms. The number of benzene rings is 1. The smallest absolute Gasteiger partial charge is 0.237 e. The maximum absolute atomic E-state index is 12.4. The Bertz CT molecular complexity index is 656. The monoisotopic (exact) mass is 314 g/mol. The summed E-state index contributed by atoms with van der Waals surface area (Å²) in [5.74, 6) is 0.00678. The van der Waals surface area contributed by atoms with E-state index in [1.165, 1.54) is 0 Å². The number of para-hydroxylation sites is 1. The van der Waals surface area contributed by atoms with Crippen LogP contribution in [0.4, 0.5) is 0 Å². The van der Waals surface area contributed by atoms with Crippen LogP contribution in [0.1, 0.15) is 24.9 Å². The van der Waals surface area contributed by atoms with Crippen LogP contribution in [0.5, 0.6) is 0 Å². The van der Waals surface area contributed by atoms with Gasteiger partial charge in [-0.1, -0.05) is 18.2 Å². The number of hydrogen-bond acceptors (Lipinski definition) is 4. The van der Waals surface area contributed by atoms with Gasteiger partial charge in [-0.05, 0) is 31.0 Å². The molecule has 3 rings (SSSR count). The lowest BCUT2D eigenvalue weighted by Gasteiger charge is -2.20. The quantitative estimate of drug-likeness (QED) is 0.876. The van der Waals surface area contributed by atoms with Crippen molar-refractivity contribution in [3.05, 3.63) is 48.3 Å². The first kappa shape index (κ1) is 15.7. The van der Waals surface area contributed by atoms with Crippen LogP contribution in [-0.2, 0) is 9.53 Å². The molecule has 3 atom stereocenters. The van der Waals surface area contributed by atoms with Gasteiger partial charge in [0.05, 0.1) is 23.9 Å². The van der Waals surface area contributed by atoms with Gasteiger partial charge in [-0.25, -0.2) is 4.68 Å². The Morgan fingerprint density at radius 1 is 1.43 bits per heavy atom. The Labute approximate surface area is 135 Å². The molecule has 0 spiro atoms. The second-order valence-electron chi connectivity index (χ2n) is 5.79. The van der Waals surface area contributed by atoms with Crippen molar-refractivity contribution in [2.24, 2.45) is 0 Å². The van der Waals surface area contributed by atoms with Crippen LogP contribution in [0.15, 0.2) is 42.7 Å². The minimum atomic E-state index is -0.195. The molecular formula is C17H22N4O2. The fourth-order valence-corrected chi connectivity index (χ4v) is 2.95. The molecule has 1 saturated heterocycles. The largest absolute Gasteiger partial charge is 0.380 e. The minimum absolute atomic E-state index is 0.00678. The van der Waals surface area contributed by atoms with Gasteiger partial charge < -0.3 is 15.4 Å². The standard InChI is InChI=1S/C17H22N4O2/c1-12(20-17(22)15-10-13(23-2)11-18-15)14-6-3-4-7-16(14)21-9-5-8-19-21/h3-9,12-13,15,18H,10-11H2,1-2H3,(H,20,22)/t12-,13+,15-/m1/s1. The topological polar surface area (TPSA) is 68.2 Å². The number of ether oxygens (including phenoxy) is 1. The average Bonchev–Trinajstić information content (AvgIpc) is 3.26. The minimum Gasteiger partial charge on any atom is -0.380 e. The molecule has 1 fully saturated rings. The number of nitrogens with one attached hydrogen (secondary N) is 2. The summed E-state index contributed by atoms with van der Waals surface area (Å²) in [6.45, 7) is 2.70. The van der Waals surface area contributed by atoms with Crippen LogP contribution in [0.2, 0.25) is 0 Å². The maximum atomic E-state index is 12.4. The fraction of sp³-hybridized carbons (Fsp3) is 0.412. The van der Waals surface area contributed by atoms with Crippen molar-refractivity contribution in [2.75, 3.05) is 13.7 Å². The van der Waals surface area contributed by atoms with E-state index in [2.05, 4.69) is 15.7 Å². The van der Waals surface area contributed by atoms with E-state index >= 15 is 0 Å². The number of carbonyl (C=O) groups is 1. The summed E-state index contributed by atoms with van der Waals surface area (Å²) >= 11 is 0. The van der Waals surface area contributed by atoms with Crippen molar-refractivity contribution in [3.63, 3.8) is 0 Å². The van der Waals surface area contributed by atoms with Crippen LogP contribution < -0.4 is 10.6 Å². The van der Waals surface area contributed by atoms with Crippen LogP contribution in [-0.4, -0.2) is 41.5 Å². The second kappa shape index (κ2) is 6.93. The fourth-order valence-electron chi connectivity index (χ4n) is 2.95. The van der Waals surface area contributed by atoms with Crippen LogP contribution >= 0.6 is 0 Å². The molecule has 1 amide bonds. The molecule has 2 aromatic rings. The molecule has 0 saturated carbocycles. The Morgan fingerprint density at radius 3 is 2.96 bits per heavy atom. The molecular weight excluding hydrogens is 292 g/mol. The van der Waals surface area contributed by atoms with Gasteiger partial charge in [0, 0.05) is 26.0 Å². The molecule has 23 heavy (non-hydrogen) atoms. The van der Waals surface area contributed by atoms with E-state index in [9.17, 15) is 4.79 Å². The third-order valence-corrected chi connectivity index (χ3v) is 4.25. The van der Waals surface area contributed by atoms with E-state index in [0.29, 0.717) is 13.0 Å². The summed E-state index contributed by atoms with van der Waals surface area (Å²) in [6.07, 6.45) is 4.45. The molecule has 0 radical (unpaired) electrons. The van der Waals surface area contributed by atoms with Crippen molar-refractivity contribution in [2.45, 2.75) is 31.5 Å². The number of carbonyl (C=O) groups excluding carboxylic acids is 1. The third kappa shape index (κ3) is 3.43. The van der Waals surface area contributed by atoms with Gasteiger partial charge in [-0.2, -0.15) is 5.10 Å². The Hall–Kier alpha value is -2.18. The van der Waals surface area contributed by atoms with Gasteiger partial charge in [0.1, 0.15) is 0 Å². The predicted octanol–water partition coefficient (Wildman–Crippen LogP) is 1.43. The zero-order valence-electron chi connectivity index (χ0n) is 13.4. The highest BCUT2D eigenvalue weighted by atomic mass is 16.5. The summed E-state index contributed by atoms with van der Waals surface area (Å²) in [5, 5.41) is 10.6. The van der Waals surface area contributed by atoms with Crippen LogP contribution in [0.25, 0.3) is 5.69 Å². The number of methoxy groups -OCH3 is 1. The number of hydrogen-bond donors (Lipinski definition) is 2. The molecule has 1 aliphatic rings. The van der Waals surface area contributed by atoms with Gasteiger partial charge in [0.15, 0.2) is 0 Å². The molecule has 2 heterocycles. The second-order valence-corrected chi connectivity index (χ2v) is 5.79. The number of aromatic nitrogens is 2. The van der Waals surface area contributed by atoms with Crippen molar-refractivity contribution in [1.82, 2.24) is 20.4 Å². The predicted molar refractivity (Wildman–Crippen MR) is 87.3 cm³/mol. The van der Waals surface area contributed by atoms with Crippen molar-refractivity contribution < 1.29 is 9.53 Å². The number of nitrogens with zero attached hydrogens (tertiary/aromatic N) is 2. The van der Waals surface area contributed by atoms with E-state index in [1.54, 1.807) is 13.3 Å². The summed E-state index contributed by atoms with van der Waals surface area (Å²) < 4.78 is 7.11. The zero-order valence-corrected chi connectivity index (χ0v) is 13.4. The van der Waals surface area contributed by atoms with E-state index in [0.717, 1.165) is 11.3 Å². The van der Waals surface area contributed by atoms with Gasteiger partial charge in [0.2, 0.25) is 5.91 Å². The molecule has 0 aliphatic carbocycles.